The minimum absolute atomic E-state index is 0.187. The molecule has 140 valence electrons. The van der Waals surface area contributed by atoms with Crippen LogP contribution in [0.1, 0.15) is 20.8 Å². The monoisotopic (exact) mass is 411 g/mol. The minimum Gasteiger partial charge on any atom is -0.487 e. The zero-order valence-electron chi connectivity index (χ0n) is 13.7. The second kappa shape index (κ2) is 8.02. The molecule has 0 saturated heterocycles. The second-order valence-corrected chi connectivity index (χ2v) is 6.85. The molecule has 0 fully saturated rings. The van der Waals surface area contributed by atoms with Gasteiger partial charge in [0, 0.05) is 5.56 Å². The van der Waals surface area contributed by atoms with Crippen LogP contribution in [0.2, 0.25) is 5.02 Å². The van der Waals surface area contributed by atoms with Gasteiger partial charge in [-0.15, -0.1) is 11.3 Å². The van der Waals surface area contributed by atoms with Crippen LogP contribution in [0.15, 0.2) is 60.0 Å². The molecule has 1 amide bonds. The Bertz CT molecular complexity index is 956. The van der Waals surface area contributed by atoms with Crippen molar-refractivity contribution in [1.82, 2.24) is 0 Å². The molecule has 3 nitrogen and oxygen atoms in total. The van der Waals surface area contributed by atoms with Crippen molar-refractivity contribution in [3.8, 4) is 5.75 Å². The van der Waals surface area contributed by atoms with Crippen molar-refractivity contribution >= 4 is 34.5 Å². The second-order valence-electron chi connectivity index (χ2n) is 5.54. The van der Waals surface area contributed by atoms with Gasteiger partial charge in [0.1, 0.15) is 12.4 Å². The van der Waals surface area contributed by atoms with Crippen LogP contribution >= 0.6 is 22.9 Å². The first-order chi connectivity index (χ1) is 12.8. The summed E-state index contributed by atoms with van der Waals surface area (Å²) in [6, 6.07) is 13.4. The number of hydrogen-bond donors (Lipinski definition) is 1. The van der Waals surface area contributed by atoms with Gasteiger partial charge in [-0.3, -0.25) is 4.79 Å². The van der Waals surface area contributed by atoms with Crippen molar-refractivity contribution in [1.29, 1.82) is 0 Å². The molecule has 27 heavy (non-hydrogen) atoms. The lowest BCUT2D eigenvalue weighted by molar-refractivity contribution is -0.136. The molecule has 0 atom stereocenters. The van der Waals surface area contributed by atoms with E-state index in [9.17, 15) is 18.0 Å². The number of nitrogens with one attached hydrogen (secondary N) is 1. The van der Waals surface area contributed by atoms with E-state index in [1.807, 2.05) is 0 Å². The lowest BCUT2D eigenvalue weighted by Gasteiger charge is -2.12. The Morgan fingerprint density at radius 3 is 2.56 bits per heavy atom. The highest BCUT2D eigenvalue weighted by molar-refractivity contribution is 7.12. The molecule has 8 heteroatoms. The highest BCUT2D eigenvalue weighted by Crippen LogP contribution is 2.35. The molecule has 0 aliphatic carbocycles. The van der Waals surface area contributed by atoms with E-state index in [2.05, 4.69) is 5.32 Å². The highest BCUT2D eigenvalue weighted by atomic mass is 35.5. The molecule has 0 aliphatic heterocycles. The zero-order chi connectivity index (χ0) is 19.4. The number of para-hydroxylation sites is 2. The van der Waals surface area contributed by atoms with Crippen LogP contribution in [-0.4, -0.2) is 5.91 Å². The van der Waals surface area contributed by atoms with Crippen LogP contribution in [0.4, 0.5) is 18.9 Å². The topological polar surface area (TPSA) is 38.3 Å². The van der Waals surface area contributed by atoms with Gasteiger partial charge in [-0.2, -0.15) is 13.2 Å². The number of benzene rings is 2. The van der Waals surface area contributed by atoms with Gasteiger partial charge in [-0.05, 0) is 35.7 Å². The standard InChI is InChI=1S/C19H13ClF3NO2S/c20-14-6-2-4-8-16(14)26-10-12-9-17(27-11-12)18(25)24-15-7-3-1-5-13(15)19(21,22)23/h1-9,11H,10H2,(H,24,25). The number of amides is 1. The van der Waals surface area contributed by atoms with Crippen LogP contribution in [0.3, 0.4) is 0 Å². The van der Waals surface area contributed by atoms with E-state index in [-0.39, 0.29) is 17.2 Å². The molecule has 1 N–H and O–H groups in total. The molecule has 0 saturated carbocycles. The van der Waals surface area contributed by atoms with Crippen molar-refractivity contribution in [3.05, 3.63) is 81.0 Å². The Kier molecular flexibility index (Phi) is 5.72. The number of alkyl halides is 3. The molecule has 3 rings (SSSR count). The maximum atomic E-state index is 13.0. The summed E-state index contributed by atoms with van der Waals surface area (Å²) in [5.41, 5.74) is -0.455. The van der Waals surface area contributed by atoms with E-state index in [0.717, 1.165) is 17.4 Å². The molecule has 3 aromatic rings. The van der Waals surface area contributed by atoms with Crippen LogP contribution < -0.4 is 10.1 Å². The van der Waals surface area contributed by atoms with Crippen molar-refractivity contribution in [2.75, 3.05) is 5.32 Å². The number of thiophene rings is 1. The van der Waals surface area contributed by atoms with Gasteiger partial charge in [-0.25, -0.2) is 0 Å². The third-order valence-electron chi connectivity index (χ3n) is 3.59. The summed E-state index contributed by atoms with van der Waals surface area (Å²) in [7, 11) is 0. The average molecular weight is 412 g/mol. The maximum absolute atomic E-state index is 13.0. The number of halogens is 4. The fourth-order valence-electron chi connectivity index (χ4n) is 2.32. The van der Waals surface area contributed by atoms with Crippen LogP contribution in [-0.2, 0) is 12.8 Å². The third kappa shape index (κ3) is 4.81. The molecule has 0 aliphatic rings. The largest absolute Gasteiger partial charge is 0.487 e. The highest BCUT2D eigenvalue weighted by Gasteiger charge is 2.33. The number of ether oxygens (including phenoxy) is 1. The summed E-state index contributed by atoms with van der Waals surface area (Å²) in [4.78, 5) is 12.6. The molecule has 2 aromatic carbocycles. The fraction of sp³-hybridized carbons (Fsp3) is 0.105. The number of rotatable bonds is 5. The first-order valence-electron chi connectivity index (χ1n) is 7.77. The Labute approximate surface area is 162 Å². The van der Waals surface area contributed by atoms with Crippen molar-refractivity contribution < 1.29 is 22.7 Å². The van der Waals surface area contributed by atoms with Gasteiger partial charge in [0.05, 0.1) is 21.2 Å². The molecular weight excluding hydrogens is 399 g/mol. The van der Waals surface area contributed by atoms with Gasteiger partial charge < -0.3 is 10.1 Å². The first-order valence-corrected chi connectivity index (χ1v) is 9.02. The van der Waals surface area contributed by atoms with Gasteiger partial charge >= 0.3 is 6.18 Å². The molecule has 0 spiro atoms. The smallest absolute Gasteiger partial charge is 0.418 e. The Morgan fingerprint density at radius 1 is 1.11 bits per heavy atom. The molecule has 1 heterocycles. The lowest BCUT2D eigenvalue weighted by Crippen LogP contribution is -2.15. The fourth-order valence-corrected chi connectivity index (χ4v) is 3.30. The number of anilines is 1. The molecule has 0 radical (unpaired) electrons. The predicted octanol–water partition coefficient (Wildman–Crippen LogP) is 6.25. The summed E-state index contributed by atoms with van der Waals surface area (Å²) in [6.45, 7) is 0.187. The van der Waals surface area contributed by atoms with E-state index < -0.39 is 17.6 Å². The van der Waals surface area contributed by atoms with Crippen molar-refractivity contribution in [3.63, 3.8) is 0 Å². The summed E-state index contributed by atoms with van der Waals surface area (Å²) in [6.07, 6.45) is -4.55. The van der Waals surface area contributed by atoms with Gasteiger partial charge in [0.15, 0.2) is 0 Å². The van der Waals surface area contributed by atoms with Crippen LogP contribution in [0.25, 0.3) is 0 Å². The third-order valence-corrected chi connectivity index (χ3v) is 4.88. The molecule has 1 aromatic heterocycles. The Hall–Kier alpha value is -2.51. The van der Waals surface area contributed by atoms with E-state index in [4.69, 9.17) is 16.3 Å². The SMILES string of the molecule is O=C(Nc1ccccc1C(F)(F)F)c1cc(COc2ccccc2Cl)cs1. The van der Waals surface area contributed by atoms with E-state index in [1.165, 1.54) is 18.2 Å². The summed E-state index contributed by atoms with van der Waals surface area (Å²) in [5, 5.41) is 4.50. The zero-order valence-corrected chi connectivity index (χ0v) is 15.3. The van der Waals surface area contributed by atoms with Gasteiger partial charge in [0.2, 0.25) is 0 Å². The Morgan fingerprint density at radius 2 is 1.81 bits per heavy atom. The van der Waals surface area contributed by atoms with Gasteiger partial charge in [0.25, 0.3) is 5.91 Å². The summed E-state index contributed by atoms with van der Waals surface area (Å²) < 4.78 is 44.7. The summed E-state index contributed by atoms with van der Waals surface area (Å²) >= 11 is 7.13. The van der Waals surface area contributed by atoms with Crippen LogP contribution in [0, 0.1) is 0 Å². The molecule has 0 unspecified atom stereocenters. The predicted molar refractivity (Wildman–Crippen MR) is 99.5 cm³/mol. The quantitative estimate of drug-likeness (QED) is 0.538. The summed E-state index contributed by atoms with van der Waals surface area (Å²) in [5.74, 6) is -0.101. The lowest BCUT2D eigenvalue weighted by atomic mass is 10.1. The maximum Gasteiger partial charge on any atom is 0.418 e. The molecule has 0 bridgehead atoms. The van der Waals surface area contributed by atoms with Crippen LogP contribution in [0.5, 0.6) is 5.75 Å². The average Bonchev–Trinajstić information content (AvgIpc) is 3.10. The molecular formula is C19H13ClF3NO2S. The number of carbonyl (C=O) groups excluding carboxylic acids is 1. The van der Waals surface area contributed by atoms with Gasteiger partial charge in [-0.1, -0.05) is 35.9 Å². The Balaban J connectivity index is 1.68. The van der Waals surface area contributed by atoms with E-state index in [1.54, 1.807) is 35.7 Å². The first kappa shape index (κ1) is 19.3. The van der Waals surface area contributed by atoms with Crippen molar-refractivity contribution in [2.24, 2.45) is 0 Å². The van der Waals surface area contributed by atoms with E-state index >= 15 is 0 Å². The number of carbonyl (C=O) groups is 1. The van der Waals surface area contributed by atoms with E-state index in [0.29, 0.717) is 16.3 Å². The van der Waals surface area contributed by atoms with Crippen molar-refractivity contribution in [2.45, 2.75) is 12.8 Å². The minimum atomic E-state index is -4.55. The normalized spacial score (nSPS) is 11.3. The number of hydrogen-bond acceptors (Lipinski definition) is 3.